The predicted octanol–water partition coefficient (Wildman–Crippen LogP) is 23.8. The summed E-state index contributed by atoms with van der Waals surface area (Å²) in [7, 11) is 0. The molecule has 0 fully saturated rings. The molecule has 21 rings (SSSR count). The molecule has 10 nitrogen and oxygen atoms in total. The lowest BCUT2D eigenvalue weighted by atomic mass is 9.95. The molecule has 10 heteroatoms. The monoisotopic (exact) mass is 1350 g/mol. The lowest BCUT2D eigenvalue weighted by Crippen LogP contribution is -2.04. The van der Waals surface area contributed by atoms with Gasteiger partial charge in [0.05, 0.1) is 55.5 Å². The van der Waals surface area contributed by atoms with Gasteiger partial charge >= 0.3 is 0 Å². The zero-order chi connectivity index (χ0) is 69.8. The minimum absolute atomic E-state index is 0.545. The van der Waals surface area contributed by atoms with Gasteiger partial charge in [-0.25, -0.2) is 29.9 Å². The van der Waals surface area contributed by atoms with Crippen molar-refractivity contribution in [3.8, 4) is 113 Å². The van der Waals surface area contributed by atoms with Gasteiger partial charge in [-0.05, 0) is 125 Å². The first kappa shape index (κ1) is 60.3. The average molecular weight is 1350 g/mol. The first-order valence-electron chi connectivity index (χ1n) is 35.7. The highest BCUT2D eigenvalue weighted by atomic mass is 15.1. The summed E-state index contributed by atoms with van der Waals surface area (Å²) in [4.78, 5) is 32.3. The van der Waals surface area contributed by atoms with Gasteiger partial charge in [0.15, 0.2) is 34.9 Å². The predicted molar refractivity (Wildman–Crippen MR) is 434 cm³/mol. The van der Waals surface area contributed by atoms with Gasteiger partial charge in [0.25, 0.3) is 0 Å². The molecule has 21 aromatic rings. The molecule has 0 radical (unpaired) electrons. The van der Waals surface area contributed by atoms with E-state index in [0.717, 1.165) is 144 Å². The topological polar surface area (TPSA) is 97.1 Å². The largest absolute Gasteiger partial charge is 0.309 e. The molecule has 0 aliphatic heterocycles. The lowest BCUT2D eigenvalue weighted by Gasteiger charge is -2.17. The molecule has 0 bridgehead atoms. The van der Waals surface area contributed by atoms with Crippen molar-refractivity contribution in [3.05, 3.63) is 364 Å². The minimum Gasteiger partial charge on any atom is -0.309 e. The zero-order valence-corrected chi connectivity index (χ0v) is 57.1. The third-order valence-corrected chi connectivity index (χ3v) is 20.9. The van der Waals surface area contributed by atoms with Gasteiger partial charge in [-0.3, -0.25) is 0 Å². The summed E-state index contributed by atoms with van der Waals surface area (Å²) in [5.74, 6) is 3.41. The maximum absolute atomic E-state index is 5.47. The Kier molecular flexibility index (Phi) is 14.0. The maximum Gasteiger partial charge on any atom is 0.166 e. The fourth-order valence-electron chi connectivity index (χ4n) is 16.0. The first-order valence-corrected chi connectivity index (χ1v) is 35.7. The molecule has 0 atom stereocenters. The van der Waals surface area contributed by atoms with Gasteiger partial charge in [0.2, 0.25) is 0 Å². The van der Waals surface area contributed by atoms with Crippen LogP contribution in [0.5, 0.6) is 0 Å². The van der Waals surface area contributed by atoms with Crippen LogP contribution in [0.2, 0.25) is 0 Å². The number of para-hydroxylation sites is 6. The standard InChI is InChI=1S/C96H60N10/c1-5-26-61(27-6-1)91-97-92(62-28-7-2-8-29-62)100-95(99-91)79-57-67(48-52-89(79)105-85-46-23-17-40-75(85)77-59-69(50-54-87(77)105)103-81-42-19-13-36-71(81)72-37-14-20-43-82(72)103)65-34-25-35-66(56-65)68-49-53-90(80(58-68)96-101-93(63-30-9-3-10-31-63)98-94(102-96)64-32-11-4-12-33-64)106-86-47-24-18-41-76(86)78-60-70(51-55-88(78)106)104-83-44-21-15-38-73(83)74-39-16-22-45-84(74)104/h1-60H. The van der Waals surface area contributed by atoms with E-state index in [1.807, 2.05) is 72.8 Å². The van der Waals surface area contributed by atoms with Gasteiger partial charge in [-0.2, -0.15) is 0 Å². The van der Waals surface area contributed by atoms with Crippen LogP contribution in [-0.4, -0.2) is 48.2 Å². The van der Waals surface area contributed by atoms with E-state index >= 15 is 0 Å². The zero-order valence-electron chi connectivity index (χ0n) is 57.1. The minimum atomic E-state index is 0.545. The summed E-state index contributed by atoms with van der Waals surface area (Å²) in [6, 6.07) is 129. The van der Waals surface area contributed by atoms with Crippen molar-refractivity contribution in [2.45, 2.75) is 0 Å². The van der Waals surface area contributed by atoms with Crippen LogP contribution < -0.4 is 0 Å². The van der Waals surface area contributed by atoms with Gasteiger partial charge < -0.3 is 18.3 Å². The van der Waals surface area contributed by atoms with Gasteiger partial charge in [-0.1, -0.05) is 261 Å². The van der Waals surface area contributed by atoms with Gasteiger partial charge in [0.1, 0.15) is 0 Å². The number of hydrogen-bond donors (Lipinski definition) is 0. The van der Waals surface area contributed by atoms with E-state index in [1.54, 1.807) is 0 Å². The number of benzene rings is 15. The van der Waals surface area contributed by atoms with Gasteiger partial charge in [0, 0.05) is 87.8 Å². The third kappa shape index (κ3) is 9.95. The van der Waals surface area contributed by atoms with Crippen LogP contribution in [0.4, 0.5) is 0 Å². The van der Waals surface area contributed by atoms with E-state index in [2.05, 4.69) is 309 Å². The van der Waals surface area contributed by atoms with Crippen molar-refractivity contribution >= 4 is 87.2 Å². The highest BCUT2D eigenvalue weighted by Gasteiger charge is 2.26. The van der Waals surface area contributed by atoms with E-state index in [0.29, 0.717) is 34.9 Å². The average Bonchev–Trinajstić information content (AvgIpc) is 1.55. The fourth-order valence-corrected chi connectivity index (χ4v) is 16.0. The second kappa shape index (κ2) is 24.7. The molecular weight excluding hydrogens is 1290 g/mol. The Morgan fingerprint density at radius 2 is 0.396 bits per heavy atom. The first-order chi connectivity index (χ1) is 52.6. The van der Waals surface area contributed by atoms with E-state index in [-0.39, 0.29) is 0 Å². The molecule has 106 heavy (non-hydrogen) atoms. The number of nitrogens with zero attached hydrogens (tertiary/aromatic N) is 10. The van der Waals surface area contributed by atoms with E-state index < -0.39 is 0 Å². The Bertz CT molecular complexity index is 6430. The van der Waals surface area contributed by atoms with Crippen LogP contribution in [0.25, 0.3) is 201 Å². The summed E-state index contributed by atoms with van der Waals surface area (Å²) >= 11 is 0. The second-order valence-electron chi connectivity index (χ2n) is 27.0. The molecule has 15 aromatic carbocycles. The second-order valence-corrected chi connectivity index (χ2v) is 27.0. The molecule has 0 saturated heterocycles. The van der Waals surface area contributed by atoms with Crippen LogP contribution >= 0.6 is 0 Å². The SMILES string of the molecule is c1ccc(-c2nc(-c3ccccc3)nc(-c3cc(-c4cccc(-c5ccc(-n6c7ccccc7c7cc(-n8c9ccccc9c9ccccc98)ccc76)c(-c6nc(-c7ccccc7)nc(-c7ccccc7)n6)c5)c4)ccc3-n3c4ccccc4c4cc(-n5c6ccccc6c6ccccc65)ccc43)n2)cc1. The van der Waals surface area contributed by atoms with Crippen molar-refractivity contribution in [2.24, 2.45) is 0 Å². The highest BCUT2D eigenvalue weighted by Crippen LogP contribution is 2.45. The van der Waals surface area contributed by atoms with Gasteiger partial charge in [-0.15, -0.1) is 0 Å². The quantitative estimate of drug-likeness (QED) is 0.121. The highest BCUT2D eigenvalue weighted by molar-refractivity contribution is 6.15. The van der Waals surface area contributed by atoms with Crippen molar-refractivity contribution < 1.29 is 0 Å². The fraction of sp³-hybridized carbons (Fsp3) is 0. The lowest BCUT2D eigenvalue weighted by molar-refractivity contribution is 1.06. The Labute approximate surface area is 609 Å². The summed E-state index contributed by atoms with van der Waals surface area (Å²) in [6.07, 6.45) is 0. The van der Waals surface area contributed by atoms with Crippen molar-refractivity contribution in [2.75, 3.05) is 0 Å². The molecule has 0 N–H and O–H groups in total. The Balaban J connectivity index is 0.764. The molecule has 6 heterocycles. The third-order valence-electron chi connectivity index (χ3n) is 20.9. The molecule has 0 aliphatic rings. The Hall–Kier alpha value is -14.5. The molecular formula is C96H60N10. The van der Waals surface area contributed by atoms with Crippen LogP contribution in [0.3, 0.4) is 0 Å². The molecule has 0 aliphatic carbocycles. The summed E-state index contributed by atoms with van der Waals surface area (Å²) in [6.45, 7) is 0. The Morgan fingerprint density at radius 3 is 0.717 bits per heavy atom. The van der Waals surface area contributed by atoms with Crippen LogP contribution in [0.15, 0.2) is 364 Å². The molecule has 494 valence electrons. The smallest absolute Gasteiger partial charge is 0.166 e. The van der Waals surface area contributed by atoms with Crippen LogP contribution in [0.1, 0.15) is 0 Å². The number of aromatic nitrogens is 10. The molecule has 0 amide bonds. The summed E-state index contributed by atoms with van der Waals surface area (Å²) in [5.41, 5.74) is 22.1. The van der Waals surface area contributed by atoms with Crippen molar-refractivity contribution in [1.29, 1.82) is 0 Å². The molecule has 0 spiro atoms. The van der Waals surface area contributed by atoms with Crippen molar-refractivity contribution in [3.63, 3.8) is 0 Å². The molecule has 0 saturated carbocycles. The summed E-state index contributed by atoms with van der Waals surface area (Å²) < 4.78 is 9.57. The summed E-state index contributed by atoms with van der Waals surface area (Å²) in [5, 5.41) is 9.39. The van der Waals surface area contributed by atoms with E-state index in [9.17, 15) is 0 Å². The van der Waals surface area contributed by atoms with E-state index in [1.165, 1.54) is 21.5 Å². The Morgan fingerprint density at radius 1 is 0.151 bits per heavy atom. The van der Waals surface area contributed by atoms with Crippen LogP contribution in [0, 0.1) is 0 Å². The number of rotatable bonds is 12. The van der Waals surface area contributed by atoms with Crippen molar-refractivity contribution in [1.82, 2.24) is 48.2 Å². The number of fused-ring (bicyclic) bond motifs is 12. The van der Waals surface area contributed by atoms with E-state index in [4.69, 9.17) is 29.9 Å². The molecule has 6 aromatic heterocycles. The van der Waals surface area contributed by atoms with Crippen LogP contribution in [-0.2, 0) is 0 Å². The normalized spacial score (nSPS) is 11.8. The maximum atomic E-state index is 5.47. The molecule has 0 unspecified atom stereocenters. The number of hydrogen-bond acceptors (Lipinski definition) is 6.